The third-order valence-corrected chi connectivity index (χ3v) is 9.83. The van der Waals surface area contributed by atoms with Crippen molar-refractivity contribution in [2.75, 3.05) is 0 Å². The molecule has 5 aliphatic carbocycles. The highest BCUT2D eigenvalue weighted by Gasteiger charge is 2.70. The van der Waals surface area contributed by atoms with Gasteiger partial charge in [0.1, 0.15) is 0 Å². The van der Waals surface area contributed by atoms with Gasteiger partial charge in [-0.25, -0.2) is 0 Å². The molecule has 4 nitrogen and oxygen atoms in total. The van der Waals surface area contributed by atoms with E-state index in [9.17, 15) is 14.4 Å². The van der Waals surface area contributed by atoms with Gasteiger partial charge in [-0.3, -0.25) is 14.4 Å². The average Bonchev–Trinajstić information content (AvgIpc) is 3.39. The number of rotatable bonds is 2. The molecule has 0 radical (unpaired) electrons. The molecule has 5 heteroatoms. The first-order valence-corrected chi connectivity index (χ1v) is 11.3. The summed E-state index contributed by atoms with van der Waals surface area (Å²) in [5, 5.41) is 0.713. The third-order valence-electron chi connectivity index (χ3n) is 9.50. The van der Waals surface area contributed by atoms with Crippen LogP contribution in [-0.2, 0) is 19.1 Å². The number of ether oxygens (including phenoxy) is 1. The maximum Gasteiger partial charge on any atom is 0.303 e. The zero-order chi connectivity index (χ0) is 20.9. The number of allylic oxidation sites excluding steroid dienone is 4. The Bertz CT molecular complexity index is 903. The van der Waals surface area contributed by atoms with Crippen LogP contribution in [0, 0.1) is 40.4 Å². The van der Waals surface area contributed by atoms with E-state index in [1.165, 1.54) is 6.92 Å². The Morgan fingerprint density at radius 1 is 1.10 bits per heavy atom. The number of Topliss-reactive ketones (excluding diaryl/α,β-unsaturated/α-hetero) is 1. The van der Waals surface area contributed by atoms with Gasteiger partial charge in [0, 0.05) is 28.7 Å². The molecule has 3 fully saturated rings. The lowest BCUT2D eigenvalue weighted by Crippen LogP contribution is -2.58. The number of carbonyl (C=O) groups excluding carboxylic acids is 3. The van der Waals surface area contributed by atoms with Crippen molar-refractivity contribution in [1.29, 1.82) is 0 Å². The largest absolute Gasteiger partial charge is 0.451 e. The summed E-state index contributed by atoms with van der Waals surface area (Å²) >= 11 is 6.79. The fourth-order valence-corrected chi connectivity index (χ4v) is 8.43. The number of carbonyl (C=O) groups is 3. The Balaban J connectivity index is 1.60. The van der Waals surface area contributed by atoms with E-state index in [4.69, 9.17) is 16.3 Å². The molecule has 0 spiro atoms. The van der Waals surface area contributed by atoms with Crippen molar-refractivity contribution in [1.82, 2.24) is 0 Å². The van der Waals surface area contributed by atoms with Gasteiger partial charge >= 0.3 is 5.97 Å². The molecule has 0 bridgehead atoms. The lowest BCUT2D eigenvalue weighted by molar-refractivity contribution is -0.185. The van der Waals surface area contributed by atoms with E-state index in [-0.39, 0.29) is 46.1 Å². The summed E-state index contributed by atoms with van der Waals surface area (Å²) in [4.78, 5) is 37.1. The molecule has 2 unspecified atom stereocenters. The van der Waals surface area contributed by atoms with E-state index in [0.29, 0.717) is 23.3 Å². The first kappa shape index (κ1) is 19.5. The predicted molar refractivity (Wildman–Crippen MR) is 109 cm³/mol. The number of hydrogen-bond donors (Lipinski definition) is 0. The molecule has 5 rings (SSSR count). The van der Waals surface area contributed by atoms with E-state index in [1.807, 2.05) is 6.08 Å². The van der Waals surface area contributed by atoms with E-state index < -0.39 is 5.60 Å². The number of halogens is 1. The van der Waals surface area contributed by atoms with E-state index >= 15 is 0 Å². The number of esters is 1. The zero-order valence-corrected chi connectivity index (χ0v) is 18.3. The average molecular weight is 417 g/mol. The SMILES string of the molecule is CC(=O)O[C@]1(C(C)=O)CC[C@H]2C3C=C(Cl)C4=CC(=O)C5C[C@@H]5[C@]4(C)[C@H]3CC[C@@]21C. The zero-order valence-electron chi connectivity index (χ0n) is 17.6. The van der Waals surface area contributed by atoms with E-state index in [2.05, 4.69) is 19.9 Å². The fourth-order valence-electron chi connectivity index (χ4n) is 8.03. The van der Waals surface area contributed by atoms with Crippen LogP contribution in [0.15, 0.2) is 22.8 Å². The molecule has 8 atom stereocenters. The molecular formula is C24H29ClO4. The minimum atomic E-state index is -1.03. The Morgan fingerprint density at radius 2 is 1.79 bits per heavy atom. The maximum atomic E-state index is 12.8. The van der Waals surface area contributed by atoms with Crippen LogP contribution in [0.25, 0.3) is 0 Å². The van der Waals surface area contributed by atoms with Crippen molar-refractivity contribution in [2.45, 2.75) is 65.4 Å². The molecule has 0 saturated heterocycles. The van der Waals surface area contributed by atoms with Crippen LogP contribution in [0.2, 0.25) is 0 Å². The van der Waals surface area contributed by atoms with Crippen molar-refractivity contribution in [3.05, 3.63) is 22.8 Å². The number of hydrogen-bond acceptors (Lipinski definition) is 4. The van der Waals surface area contributed by atoms with E-state index in [0.717, 1.165) is 31.3 Å². The van der Waals surface area contributed by atoms with Crippen LogP contribution >= 0.6 is 11.6 Å². The second kappa shape index (κ2) is 5.84. The second-order valence-electron chi connectivity index (χ2n) is 10.5. The van der Waals surface area contributed by atoms with Gasteiger partial charge < -0.3 is 4.74 Å². The summed E-state index contributed by atoms with van der Waals surface area (Å²) in [6, 6.07) is 0. The topological polar surface area (TPSA) is 60.4 Å². The lowest BCUT2D eigenvalue weighted by Gasteiger charge is -2.57. The van der Waals surface area contributed by atoms with Gasteiger partial charge in [-0.15, -0.1) is 0 Å². The smallest absolute Gasteiger partial charge is 0.303 e. The highest BCUT2D eigenvalue weighted by molar-refractivity contribution is 6.32. The normalized spacial score (nSPS) is 49.7. The molecular weight excluding hydrogens is 388 g/mol. The van der Waals surface area contributed by atoms with Crippen molar-refractivity contribution < 1.29 is 19.1 Å². The Kier molecular flexibility index (Phi) is 3.93. The first-order valence-electron chi connectivity index (χ1n) is 10.9. The van der Waals surface area contributed by atoms with Gasteiger partial charge in [0.25, 0.3) is 0 Å². The van der Waals surface area contributed by atoms with E-state index in [1.54, 1.807) is 6.92 Å². The van der Waals surface area contributed by atoms with Crippen molar-refractivity contribution in [3.8, 4) is 0 Å². The maximum absolute atomic E-state index is 12.8. The standard InChI is InChI=1S/C24H29ClO4/c1-12(26)24(29-13(2)27)8-6-16-14-10-20(25)19-11-21(28)15-9-18(15)23(19,4)17(14)5-7-22(16,24)3/h10-11,14-18H,5-9H2,1-4H3/t14?,15?,16-,17-,18-,22-,23-,24-/m0/s1. The Labute approximate surface area is 177 Å². The van der Waals surface area contributed by atoms with Crippen LogP contribution in [0.4, 0.5) is 0 Å². The van der Waals surface area contributed by atoms with Crippen molar-refractivity contribution in [2.24, 2.45) is 40.4 Å². The molecule has 3 saturated carbocycles. The van der Waals surface area contributed by atoms with Gasteiger partial charge in [-0.2, -0.15) is 0 Å². The molecule has 0 aliphatic heterocycles. The highest BCUT2D eigenvalue weighted by atomic mass is 35.5. The molecule has 0 heterocycles. The molecule has 0 aromatic heterocycles. The monoisotopic (exact) mass is 416 g/mol. The van der Waals surface area contributed by atoms with Crippen molar-refractivity contribution >= 4 is 29.1 Å². The summed E-state index contributed by atoms with van der Waals surface area (Å²) in [6.07, 6.45) is 8.18. The van der Waals surface area contributed by atoms with Gasteiger partial charge in [0.2, 0.25) is 0 Å². The molecule has 156 valence electrons. The molecule has 0 amide bonds. The van der Waals surface area contributed by atoms with Crippen LogP contribution in [0.3, 0.4) is 0 Å². The lowest BCUT2D eigenvalue weighted by atomic mass is 9.47. The Morgan fingerprint density at radius 3 is 2.45 bits per heavy atom. The predicted octanol–water partition coefficient (Wildman–Crippen LogP) is 4.61. The molecule has 0 aromatic rings. The summed E-state index contributed by atoms with van der Waals surface area (Å²) < 4.78 is 5.82. The van der Waals surface area contributed by atoms with Gasteiger partial charge in [0.05, 0.1) is 0 Å². The molecule has 29 heavy (non-hydrogen) atoms. The van der Waals surface area contributed by atoms with Crippen LogP contribution in [-0.4, -0.2) is 23.1 Å². The quantitative estimate of drug-likeness (QED) is 0.617. The summed E-state index contributed by atoms with van der Waals surface area (Å²) in [5.41, 5.74) is -0.455. The van der Waals surface area contributed by atoms with Gasteiger partial charge in [-0.1, -0.05) is 31.5 Å². The minimum Gasteiger partial charge on any atom is -0.451 e. The summed E-state index contributed by atoms with van der Waals surface area (Å²) in [5.74, 6) is 1.27. The summed E-state index contributed by atoms with van der Waals surface area (Å²) in [7, 11) is 0. The minimum absolute atomic E-state index is 0.0423. The highest BCUT2D eigenvalue weighted by Crippen LogP contribution is 2.72. The summed E-state index contributed by atoms with van der Waals surface area (Å²) in [6.45, 7) is 7.42. The molecule has 0 N–H and O–H groups in total. The van der Waals surface area contributed by atoms with Crippen molar-refractivity contribution in [3.63, 3.8) is 0 Å². The van der Waals surface area contributed by atoms with Gasteiger partial charge in [-0.05, 0) is 74.3 Å². The number of ketones is 2. The van der Waals surface area contributed by atoms with Crippen LogP contribution in [0.1, 0.15) is 59.8 Å². The van der Waals surface area contributed by atoms with Crippen LogP contribution < -0.4 is 0 Å². The first-order chi connectivity index (χ1) is 13.6. The molecule has 5 aliphatic rings. The molecule has 0 aromatic carbocycles. The second-order valence-corrected chi connectivity index (χ2v) is 10.9. The fraction of sp³-hybridized carbons (Fsp3) is 0.708. The Hall–Kier alpha value is -1.42. The number of fused-ring (bicyclic) bond motifs is 7. The third kappa shape index (κ3) is 2.24. The van der Waals surface area contributed by atoms with Gasteiger partial charge in [0.15, 0.2) is 17.2 Å². The van der Waals surface area contributed by atoms with Crippen LogP contribution in [0.5, 0.6) is 0 Å².